The number of halogens is 2. The molecule has 2 aromatic rings. The smallest absolute Gasteiger partial charge is 0.257 e. The first kappa shape index (κ1) is 17.5. The predicted molar refractivity (Wildman–Crippen MR) is 100 cm³/mol. The highest BCUT2D eigenvalue weighted by Gasteiger charge is 2.27. The Bertz CT molecular complexity index is 908. The zero-order valence-corrected chi connectivity index (χ0v) is 14.5. The molecule has 0 aliphatic carbocycles. The molecule has 2 heterocycles. The third-order valence-electron chi connectivity index (χ3n) is 4.67. The van der Waals surface area contributed by atoms with Gasteiger partial charge in [0.15, 0.2) is 0 Å². The molecular weight excluding hydrogens is 352 g/mol. The van der Waals surface area contributed by atoms with E-state index in [0.717, 1.165) is 19.4 Å². The van der Waals surface area contributed by atoms with Gasteiger partial charge in [-0.3, -0.25) is 4.79 Å². The number of anilines is 3. The molecule has 0 radical (unpaired) electrons. The molecule has 0 spiro atoms. The van der Waals surface area contributed by atoms with Crippen molar-refractivity contribution in [1.82, 2.24) is 0 Å². The number of hydrogen-bond donors (Lipinski definition) is 3. The maximum absolute atomic E-state index is 14.3. The van der Waals surface area contributed by atoms with Gasteiger partial charge in [-0.15, -0.1) is 0 Å². The monoisotopic (exact) mass is 371 g/mol. The molecule has 1 atom stereocenters. The van der Waals surface area contributed by atoms with Gasteiger partial charge in [0, 0.05) is 30.6 Å². The first-order valence-electron chi connectivity index (χ1n) is 8.84. The Kier molecular flexibility index (Phi) is 4.77. The molecule has 7 heteroatoms. The zero-order chi connectivity index (χ0) is 18.8. The fourth-order valence-corrected chi connectivity index (χ4v) is 3.28. The highest BCUT2D eigenvalue weighted by molar-refractivity contribution is 6.31. The van der Waals surface area contributed by atoms with Crippen LogP contribution in [-0.4, -0.2) is 25.2 Å². The lowest BCUT2D eigenvalue weighted by Gasteiger charge is -2.13. The molecule has 140 valence electrons. The fourth-order valence-electron chi connectivity index (χ4n) is 3.28. The van der Waals surface area contributed by atoms with E-state index in [1.54, 1.807) is 18.2 Å². The number of rotatable bonds is 5. The van der Waals surface area contributed by atoms with Crippen LogP contribution in [0.15, 0.2) is 42.6 Å². The number of amides is 1. The molecule has 2 aliphatic rings. The molecule has 1 fully saturated rings. The molecular formula is C20H19F2N3O2. The summed E-state index contributed by atoms with van der Waals surface area (Å²) >= 11 is 0. The van der Waals surface area contributed by atoms with Crippen LogP contribution in [-0.2, 0) is 9.53 Å². The SMILES string of the molecule is O=C1Nc2cccc(F)c2C1=CNc1ccc(NCC2CCCO2)c(F)c1. The molecule has 2 aliphatic heterocycles. The highest BCUT2D eigenvalue weighted by atomic mass is 19.1. The predicted octanol–water partition coefficient (Wildman–Crippen LogP) is 3.96. The number of carbonyl (C=O) groups is 1. The molecule has 0 aromatic heterocycles. The quantitative estimate of drug-likeness (QED) is 0.696. The first-order chi connectivity index (χ1) is 13.1. The maximum Gasteiger partial charge on any atom is 0.257 e. The molecule has 2 aromatic carbocycles. The van der Waals surface area contributed by atoms with Crippen LogP contribution in [0.3, 0.4) is 0 Å². The Morgan fingerprint density at radius 3 is 2.89 bits per heavy atom. The number of nitrogens with one attached hydrogen (secondary N) is 3. The van der Waals surface area contributed by atoms with Gasteiger partial charge >= 0.3 is 0 Å². The molecule has 3 N–H and O–H groups in total. The largest absolute Gasteiger partial charge is 0.380 e. The number of ether oxygens (including phenoxy) is 1. The van der Waals surface area contributed by atoms with Crippen molar-refractivity contribution in [1.29, 1.82) is 0 Å². The topological polar surface area (TPSA) is 62.4 Å². The Balaban J connectivity index is 1.46. The van der Waals surface area contributed by atoms with Crippen LogP contribution in [0.2, 0.25) is 0 Å². The van der Waals surface area contributed by atoms with Gasteiger partial charge in [-0.2, -0.15) is 0 Å². The second-order valence-corrected chi connectivity index (χ2v) is 6.53. The summed E-state index contributed by atoms with van der Waals surface area (Å²) in [4.78, 5) is 12.1. The average Bonchev–Trinajstić information content (AvgIpc) is 3.27. The summed E-state index contributed by atoms with van der Waals surface area (Å²) in [6.07, 6.45) is 3.51. The van der Waals surface area contributed by atoms with E-state index in [1.165, 1.54) is 24.4 Å². The lowest BCUT2D eigenvalue weighted by atomic mass is 10.1. The van der Waals surface area contributed by atoms with Crippen molar-refractivity contribution >= 4 is 28.5 Å². The summed E-state index contributed by atoms with van der Waals surface area (Å²) in [5, 5.41) is 8.52. The van der Waals surface area contributed by atoms with Gasteiger partial charge in [0.1, 0.15) is 11.6 Å². The minimum Gasteiger partial charge on any atom is -0.380 e. The van der Waals surface area contributed by atoms with Crippen LogP contribution >= 0.6 is 0 Å². The zero-order valence-electron chi connectivity index (χ0n) is 14.5. The number of benzene rings is 2. The minimum absolute atomic E-state index is 0.114. The Hall–Kier alpha value is -2.93. The molecule has 0 saturated carbocycles. The number of carbonyl (C=O) groups excluding carboxylic acids is 1. The van der Waals surface area contributed by atoms with Crippen LogP contribution in [0.25, 0.3) is 5.57 Å². The molecule has 1 saturated heterocycles. The number of fused-ring (bicyclic) bond motifs is 1. The van der Waals surface area contributed by atoms with E-state index >= 15 is 0 Å². The maximum atomic E-state index is 14.3. The Morgan fingerprint density at radius 2 is 2.11 bits per heavy atom. The van der Waals surface area contributed by atoms with Crippen molar-refractivity contribution in [2.45, 2.75) is 18.9 Å². The third kappa shape index (κ3) is 3.64. The molecule has 1 amide bonds. The van der Waals surface area contributed by atoms with E-state index in [-0.39, 0.29) is 17.2 Å². The van der Waals surface area contributed by atoms with E-state index in [9.17, 15) is 13.6 Å². The van der Waals surface area contributed by atoms with Gasteiger partial charge < -0.3 is 20.7 Å². The molecule has 5 nitrogen and oxygen atoms in total. The van der Waals surface area contributed by atoms with Gasteiger partial charge in [0.25, 0.3) is 5.91 Å². The third-order valence-corrected chi connectivity index (χ3v) is 4.67. The van der Waals surface area contributed by atoms with Gasteiger partial charge in [-0.05, 0) is 43.2 Å². The van der Waals surface area contributed by atoms with E-state index in [1.807, 2.05) is 0 Å². The van der Waals surface area contributed by atoms with Crippen molar-refractivity contribution in [3.05, 3.63) is 59.8 Å². The van der Waals surface area contributed by atoms with Gasteiger partial charge in [-0.1, -0.05) is 6.07 Å². The van der Waals surface area contributed by atoms with Crippen molar-refractivity contribution in [3.8, 4) is 0 Å². The van der Waals surface area contributed by atoms with E-state index < -0.39 is 17.5 Å². The van der Waals surface area contributed by atoms with Crippen LogP contribution < -0.4 is 16.0 Å². The van der Waals surface area contributed by atoms with Crippen LogP contribution in [0.4, 0.5) is 25.8 Å². The molecule has 0 bridgehead atoms. The normalized spacial score (nSPS) is 19.9. The summed E-state index contributed by atoms with van der Waals surface area (Å²) in [5.74, 6) is -1.31. The standard InChI is InChI=1S/C20H19F2N3O2/c21-15-4-1-5-18-19(15)14(20(26)25-18)11-23-12-6-7-17(16(22)9-12)24-10-13-3-2-8-27-13/h1,4-7,9,11,13,23-24H,2-3,8,10H2,(H,25,26). The summed E-state index contributed by atoms with van der Waals surface area (Å²) in [6, 6.07) is 9.08. The first-order valence-corrected chi connectivity index (χ1v) is 8.84. The van der Waals surface area contributed by atoms with Gasteiger partial charge in [0.2, 0.25) is 0 Å². The lowest BCUT2D eigenvalue weighted by Crippen LogP contribution is -2.18. The van der Waals surface area contributed by atoms with E-state index in [0.29, 0.717) is 23.6 Å². The molecule has 27 heavy (non-hydrogen) atoms. The van der Waals surface area contributed by atoms with Crippen molar-refractivity contribution in [2.24, 2.45) is 0 Å². The number of hydrogen-bond acceptors (Lipinski definition) is 4. The van der Waals surface area contributed by atoms with Gasteiger partial charge in [-0.25, -0.2) is 8.78 Å². The van der Waals surface area contributed by atoms with Crippen molar-refractivity contribution in [3.63, 3.8) is 0 Å². The summed E-state index contributed by atoms with van der Waals surface area (Å²) in [5.41, 5.74) is 1.65. The summed E-state index contributed by atoms with van der Waals surface area (Å²) < 4.78 is 33.8. The van der Waals surface area contributed by atoms with E-state index in [4.69, 9.17) is 4.74 Å². The minimum atomic E-state index is -0.487. The van der Waals surface area contributed by atoms with Gasteiger partial charge in [0.05, 0.1) is 23.1 Å². The van der Waals surface area contributed by atoms with Crippen LogP contribution in [0, 0.1) is 11.6 Å². The molecule has 1 unspecified atom stereocenters. The fraction of sp³-hybridized carbons (Fsp3) is 0.250. The second kappa shape index (κ2) is 7.36. The molecule has 4 rings (SSSR count). The van der Waals surface area contributed by atoms with Crippen LogP contribution in [0.5, 0.6) is 0 Å². The Morgan fingerprint density at radius 1 is 1.22 bits per heavy atom. The van der Waals surface area contributed by atoms with Crippen molar-refractivity contribution in [2.75, 3.05) is 29.1 Å². The summed E-state index contributed by atoms with van der Waals surface area (Å²) in [6.45, 7) is 1.31. The lowest BCUT2D eigenvalue weighted by molar-refractivity contribution is -0.110. The van der Waals surface area contributed by atoms with E-state index in [2.05, 4.69) is 16.0 Å². The highest BCUT2D eigenvalue weighted by Crippen LogP contribution is 2.33. The second-order valence-electron chi connectivity index (χ2n) is 6.53. The van der Waals surface area contributed by atoms with Crippen molar-refractivity contribution < 1.29 is 18.3 Å². The van der Waals surface area contributed by atoms with Crippen LogP contribution in [0.1, 0.15) is 18.4 Å². The Labute approximate surface area is 155 Å². The average molecular weight is 371 g/mol. The summed E-state index contributed by atoms with van der Waals surface area (Å²) in [7, 11) is 0.